The molecule has 0 saturated carbocycles. The minimum Gasteiger partial charge on any atom is -0.436 e. The molecule has 4 nitrogen and oxygen atoms in total. The number of nitriles is 1. The van der Waals surface area contributed by atoms with Crippen LogP contribution in [0.25, 0.3) is 0 Å². The van der Waals surface area contributed by atoms with E-state index in [2.05, 4.69) is 10.3 Å². The van der Waals surface area contributed by atoms with Gasteiger partial charge in [-0.25, -0.2) is 8.78 Å². The summed E-state index contributed by atoms with van der Waals surface area (Å²) in [5.74, 6) is -1.73. The Morgan fingerprint density at radius 1 is 1.25 bits per heavy atom. The molecule has 0 amide bonds. The van der Waals surface area contributed by atoms with Crippen molar-refractivity contribution in [1.82, 2.24) is 4.98 Å². The molecule has 0 aliphatic carbocycles. The molecule has 0 radical (unpaired) electrons. The maximum atomic E-state index is 13.6. The molecule has 20 heavy (non-hydrogen) atoms. The summed E-state index contributed by atoms with van der Waals surface area (Å²) >= 11 is 0. The highest BCUT2D eigenvalue weighted by molar-refractivity contribution is 5.40. The second-order valence-corrected chi connectivity index (χ2v) is 3.94. The molecule has 0 saturated heterocycles. The minimum absolute atomic E-state index is 0.0949. The van der Waals surface area contributed by atoms with E-state index in [0.29, 0.717) is 11.8 Å². The number of halogens is 2. The van der Waals surface area contributed by atoms with Crippen LogP contribution in [0.3, 0.4) is 0 Å². The highest BCUT2D eigenvalue weighted by atomic mass is 19.1. The van der Waals surface area contributed by atoms with Crippen molar-refractivity contribution in [1.29, 1.82) is 5.26 Å². The maximum absolute atomic E-state index is 13.6. The molecule has 2 aromatic rings. The zero-order valence-electron chi connectivity index (χ0n) is 10.7. The molecule has 1 N–H and O–H groups in total. The van der Waals surface area contributed by atoms with E-state index in [0.717, 1.165) is 5.56 Å². The van der Waals surface area contributed by atoms with Gasteiger partial charge in [0.05, 0.1) is 12.5 Å². The Kier molecular flexibility index (Phi) is 4.11. The smallest absolute Gasteiger partial charge is 0.258 e. The Morgan fingerprint density at radius 3 is 2.55 bits per heavy atom. The van der Waals surface area contributed by atoms with Crippen LogP contribution in [0.2, 0.25) is 0 Å². The molecule has 0 aliphatic heterocycles. The number of nitrogens with zero attached hydrogens (tertiary/aromatic N) is 2. The fraction of sp³-hybridized carbons (Fsp3) is 0.143. The number of hydrogen-bond acceptors (Lipinski definition) is 4. The molecule has 0 unspecified atom stereocenters. The zero-order chi connectivity index (χ0) is 14.5. The fourth-order valence-corrected chi connectivity index (χ4v) is 1.57. The van der Waals surface area contributed by atoms with Gasteiger partial charge in [0.2, 0.25) is 0 Å². The normalized spacial score (nSPS) is 9.90. The summed E-state index contributed by atoms with van der Waals surface area (Å²) < 4.78 is 32.1. The van der Waals surface area contributed by atoms with Crippen LogP contribution in [0.5, 0.6) is 11.6 Å². The van der Waals surface area contributed by atoms with Crippen LogP contribution >= 0.6 is 0 Å². The summed E-state index contributed by atoms with van der Waals surface area (Å²) in [5.41, 5.74) is 0.823. The predicted molar refractivity (Wildman–Crippen MR) is 69.5 cm³/mol. The van der Waals surface area contributed by atoms with E-state index in [4.69, 9.17) is 10.00 Å². The van der Waals surface area contributed by atoms with Gasteiger partial charge in [0.15, 0.2) is 17.5 Å². The van der Waals surface area contributed by atoms with E-state index in [1.165, 1.54) is 7.05 Å². The summed E-state index contributed by atoms with van der Waals surface area (Å²) in [5, 5.41) is 11.1. The summed E-state index contributed by atoms with van der Waals surface area (Å²) in [7, 11) is 1.48. The summed E-state index contributed by atoms with van der Waals surface area (Å²) in [4.78, 5) is 3.71. The average Bonchev–Trinajstić information content (AvgIpc) is 2.44. The molecule has 1 heterocycles. The monoisotopic (exact) mass is 275 g/mol. The molecule has 2 rings (SSSR count). The van der Waals surface area contributed by atoms with Crippen LogP contribution in [0.1, 0.15) is 5.56 Å². The number of hydrogen-bond donors (Lipinski definition) is 1. The highest BCUT2D eigenvalue weighted by Gasteiger charge is 2.12. The van der Waals surface area contributed by atoms with E-state index in [1.807, 2.05) is 6.07 Å². The summed E-state index contributed by atoms with van der Waals surface area (Å²) in [6.45, 7) is 0. The second-order valence-electron chi connectivity index (χ2n) is 3.94. The lowest BCUT2D eigenvalue weighted by atomic mass is 10.2. The Bertz CT molecular complexity index is 651. The van der Waals surface area contributed by atoms with Gasteiger partial charge in [-0.05, 0) is 17.7 Å². The first kappa shape index (κ1) is 13.7. The number of benzene rings is 1. The van der Waals surface area contributed by atoms with Crippen molar-refractivity contribution in [2.45, 2.75) is 6.42 Å². The Labute approximate surface area is 114 Å². The Balaban J connectivity index is 2.23. The first-order chi connectivity index (χ1) is 9.63. The summed E-state index contributed by atoms with van der Waals surface area (Å²) in [6, 6.07) is 9.30. The minimum atomic E-state index is -0.886. The SMILES string of the molecule is CNc1nc(Oc2ccc(CC#N)cc2)c(F)cc1F. The van der Waals surface area contributed by atoms with E-state index in [-0.39, 0.29) is 18.1 Å². The molecular weight excluding hydrogens is 264 g/mol. The van der Waals surface area contributed by atoms with Crippen molar-refractivity contribution in [2.24, 2.45) is 0 Å². The van der Waals surface area contributed by atoms with Crippen molar-refractivity contribution in [2.75, 3.05) is 12.4 Å². The van der Waals surface area contributed by atoms with Crippen LogP contribution in [-0.4, -0.2) is 12.0 Å². The van der Waals surface area contributed by atoms with Crippen molar-refractivity contribution in [3.05, 3.63) is 47.5 Å². The number of rotatable bonds is 4. The van der Waals surface area contributed by atoms with Gasteiger partial charge in [-0.3, -0.25) is 0 Å². The third-order valence-corrected chi connectivity index (χ3v) is 2.56. The van der Waals surface area contributed by atoms with E-state index >= 15 is 0 Å². The van der Waals surface area contributed by atoms with Crippen molar-refractivity contribution < 1.29 is 13.5 Å². The van der Waals surface area contributed by atoms with Crippen LogP contribution in [-0.2, 0) is 6.42 Å². The Morgan fingerprint density at radius 2 is 1.95 bits per heavy atom. The predicted octanol–water partition coefficient (Wildman–Crippen LogP) is 3.26. The lowest BCUT2D eigenvalue weighted by Gasteiger charge is -2.08. The summed E-state index contributed by atoms with van der Waals surface area (Å²) in [6.07, 6.45) is 0.285. The molecule has 6 heteroatoms. The topological polar surface area (TPSA) is 57.9 Å². The van der Waals surface area contributed by atoms with Gasteiger partial charge < -0.3 is 10.1 Å². The van der Waals surface area contributed by atoms with E-state index in [1.54, 1.807) is 24.3 Å². The number of aromatic nitrogens is 1. The molecule has 0 atom stereocenters. The van der Waals surface area contributed by atoms with Gasteiger partial charge in [0, 0.05) is 13.1 Å². The van der Waals surface area contributed by atoms with Gasteiger partial charge in [-0.15, -0.1) is 0 Å². The third kappa shape index (κ3) is 3.01. The van der Waals surface area contributed by atoms with Gasteiger partial charge in [-0.1, -0.05) is 12.1 Å². The van der Waals surface area contributed by atoms with Crippen molar-refractivity contribution >= 4 is 5.82 Å². The van der Waals surface area contributed by atoms with Crippen LogP contribution in [0, 0.1) is 23.0 Å². The number of ether oxygens (including phenoxy) is 1. The molecular formula is C14H11F2N3O. The van der Waals surface area contributed by atoms with Gasteiger partial charge in [0.1, 0.15) is 5.75 Å². The van der Waals surface area contributed by atoms with Crippen LogP contribution < -0.4 is 10.1 Å². The number of anilines is 1. The van der Waals surface area contributed by atoms with Gasteiger partial charge in [-0.2, -0.15) is 10.2 Å². The Hall–Kier alpha value is -2.68. The second kappa shape index (κ2) is 5.97. The molecule has 0 aliphatic rings. The van der Waals surface area contributed by atoms with Gasteiger partial charge >= 0.3 is 0 Å². The standard InChI is InChI=1S/C14H11F2N3O/c1-18-13-11(15)8-12(16)14(19-13)20-10-4-2-9(3-5-10)6-7-17/h2-5,8H,6H2,1H3,(H,18,19). The first-order valence-electron chi connectivity index (χ1n) is 5.81. The largest absolute Gasteiger partial charge is 0.436 e. The quantitative estimate of drug-likeness (QED) is 0.930. The lowest BCUT2D eigenvalue weighted by Crippen LogP contribution is -2.01. The number of nitrogens with one attached hydrogen (secondary N) is 1. The molecule has 1 aromatic heterocycles. The number of pyridine rings is 1. The molecule has 0 bridgehead atoms. The van der Waals surface area contributed by atoms with E-state index < -0.39 is 11.6 Å². The zero-order valence-corrected chi connectivity index (χ0v) is 10.7. The van der Waals surface area contributed by atoms with E-state index in [9.17, 15) is 8.78 Å². The molecule has 102 valence electrons. The molecule has 0 spiro atoms. The average molecular weight is 275 g/mol. The van der Waals surface area contributed by atoms with Crippen LogP contribution in [0.15, 0.2) is 30.3 Å². The maximum Gasteiger partial charge on any atom is 0.258 e. The molecule has 1 aromatic carbocycles. The fourth-order valence-electron chi connectivity index (χ4n) is 1.57. The lowest BCUT2D eigenvalue weighted by molar-refractivity contribution is 0.418. The van der Waals surface area contributed by atoms with Crippen molar-refractivity contribution in [3.63, 3.8) is 0 Å². The molecule has 0 fully saturated rings. The van der Waals surface area contributed by atoms with Gasteiger partial charge in [0.25, 0.3) is 5.88 Å². The third-order valence-electron chi connectivity index (χ3n) is 2.56. The highest BCUT2D eigenvalue weighted by Crippen LogP contribution is 2.26. The van der Waals surface area contributed by atoms with Crippen molar-refractivity contribution in [3.8, 4) is 17.7 Å². The first-order valence-corrected chi connectivity index (χ1v) is 5.81. The van der Waals surface area contributed by atoms with Crippen LogP contribution in [0.4, 0.5) is 14.6 Å².